The fourth-order valence-electron chi connectivity index (χ4n) is 2.92. The molecule has 3 rings (SSSR count). The molecule has 144 valence electrons. The molecule has 1 aliphatic heterocycles. The van der Waals surface area contributed by atoms with E-state index in [2.05, 4.69) is 5.32 Å². The molecule has 2 aromatic rings. The fraction of sp³-hybridized carbons (Fsp3) is 0.238. The zero-order chi connectivity index (χ0) is 19.9. The molecule has 2 aromatic carbocycles. The van der Waals surface area contributed by atoms with Gasteiger partial charge in [0.05, 0.1) is 13.2 Å². The Hall–Kier alpha value is -2.98. The van der Waals surface area contributed by atoms with E-state index in [4.69, 9.17) is 14.7 Å². The van der Waals surface area contributed by atoms with E-state index in [1.807, 2.05) is 6.07 Å². The molecule has 1 heterocycles. The summed E-state index contributed by atoms with van der Waals surface area (Å²) in [5.41, 5.74) is 1.57. The number of hydrogen-bond acceptors (Lipinski definition) is 5. The van der Waals surface area contributed by atoms with E-state index in [1.165, 1.54) is 25.3 Å². The predicted octanol–water partition coefficient (Wildman–Crippen LogP) is 4.10. The topological polar surface area (TPSA) is 71.3 Å². The molecule has 0 saturated heterocycles. The van der Waals surface area contributed by atoms with E-state index in [9.17, 15) is 9.18 Å². The van der Waals surface area contributed by atoms with Crippen molar-refractivity contribution in [2.45, 2.75) is 17.4 Å². The van der Waals surface area contributed by atoms with E-state index in [1.54, 1.807) is 42.1 Å². The van der Waals surface area contributed by atoms with E-state index in [-0.39, 0.29) is 24.4 Å². The molecule has 0 aromatic heterocycles. The van der Waals surface area contributed by atoms with Gasteiger partial charge in [-0.1, -0.05) is 6.07 Å². The number of carbonyl (C=O) groups is 1. The van der Waals surface area contributed by atoms with Gasteiger partial charge in [-0.05, 0) is 54.0 Å². The first-order chi connectivity index (χ1) is 13.6. The zero-order valence-electron chi connectivity index (χ0n) is 15.3. The normalized spacial score (nSPS) is 15.5. The van der Waals surface area contributed by atoms with Gasteiger partial charge in [0.2, 0.25) is 5.91 Å². The van der Waals surface area contributed by atoms with Crippen LogP contribution in [0, 0.1) is 17.1 Å². The van der Waals surface area contributed by atoms with Gasteiger partial charge in [-0.25, -0.2) is 4.39 Å². The van der Waals surface area contributed by atoms with Crippen LogP contribution in [0.3, 0.4) is 0 Å². The molecule has 1 aliphatic rings. The Morgan fingerprint density at radius 3 is 3.00 bits per heavy atom. The van der Waals surface area contributed by atoms with Crippen LogP contribution in [0.5, 0.6) is 11.5 Å². The molecule has 7 heteroatoms. The molecule has 1 atom stereocenters. The Bertz CT molecular complexity index is 940. The number of nitrogens with zero attached hydrogens (tertiary/aromatic N) is 1. The average Bonchev–Trinajstić information content (AvgIpc) is 2.71. The van der Waals surface area contributed by atoms with Crippen molar-refractivity contribution < 1.29 is 18.7 Å². The van der Waals surface area contributed by atoms with E-state index in [0.717, 1.165) is 28.2 Å². The minimum absolute atomic E-state index is 0.0737. The smallest absolute Gasteiger partial charge is 0.244 e. The first kappa shape index (κ1) is 19.8. The van der Waals surface area contributed by atoms with Crippen LogP contribution in [0.2, 0.25) is 0 Å². The molecule has 1 unspecified atom stereocenters. The van der Waals surface area contributed by atoms with Gasteiger partial charge in [0.15, 0.2) is 18.1 Å². The Kier molecular flexibility index (Phi) is 6.56. The zero-order valence-corrected chi connectivity index (χ0v) is 16.1. The molecule has 1 amide bonds. The third kappa shape index (κ3) is 4.84. The molecule has 0 aliphatic carbocycles. The Morgan fingerprint density at radius 2 is 2.21 bits per heavy atom. The second-order valence-electron chi connectivity index (χ2n) is 6.07. The number of fused-ring (bicyclic) bond motifs is 1. The minimum atomic E-state index is -0.304. The van der Waals surface area contributed by atoms with Gasteiger partial charge < -0.3 is 14.8 Å². The molecule has 1 N–H and O–H groups in total. The minimum Gasteiger partial charge on any atom is -0.493 e. The van der Waals surface area contributed by atoms with Crippen molar-refractivity contribution in [3.05, 3.63) is 59.4 Å². The number of amides is 1. The highest BCUT2D eigenvalue weighted by Gasteiger charge is 2.22. The molecular formula is C21H19FN2O3S. The van der Waals surface area contributed by atoms with Gasteiger partial charge >= 0.3 is 0 Å². The number of methoxy groups -OCH3 is 1. The van der Waals surface area contributed by atoms with Crippen molar-refractivity contribution in [3.63, 3.8) is 0 Å². The summed E-state index contributed by atoms with van der Waals surface area (Å²) in [5.74, 6) is 1.25. The summed E-state index contributed by atoms with van der Waals surface area (Å²) >= 11 is 1.67. The fourth-order valence-corrected chi connectivity index (χ4v) is 4.03. The van der Waals surface area contributed by atoms with Crippen molar-refractivity contribution in [1.29, 1.82) is 5.26 Å². The lowest BCUT2D eigenvalue weighted by atomic mass is 10.0. The van der Waals surface area contributed by atoms with Gasteiger partial charge in [-0.15, -0.1) is 11.8 Å². The van der Waals surface area contributed by atoms with Crippen LogP contribution in [-0.2, 0) is 4.79 Å². The molecule has 0 radical (unpaired) electrons. The van der Waals surface area contributed by atoms with Crippen LogP contribution in [0.1, 0.15) is 23.6 Å². The summed E-state index contributed by atoms with van der Waals surface area (Å²) in [4.78, 5) is 13.4. The monoisotopic (exact) mass is 398 g/mol. The van der Waals surface area contributed by atoms with Crippen molar-refractivity contribution in [2.24, 2.45) is 0 Å². The maximum absolute atomic E-state index is 13.6. The standard InChI is InChI=1S/C21H19FN2O3S/c1-26-19-12-14(2-5-18(19)27-10-9-23)3-7-21(25)24-17-8-11-28-20-6-4-15(22)13-16(17)20/h2-7,12-13,17H,8,10-11H2,1H3,(H,24,25)/b7-3+. The van der Waals surface area contributed by atoms with Crippen LogP contribution >= 0.6 is 11.8 Å². The van der Waals surface area contributed by atoms with Crippen LogP contribution in [0.4, 0.5) is 4.39 Å². The molecular weight excluding hydrogens is 379 g/mol. The van der Waals surface area contributed by atoms with E-state index >= 15 is 0 Å². The summed E-state index contributed by atoms with van der Waals surface area (Å²) in [6, 6.07) is 11.5. The lowest BCUT2D eigenvalue weighted by Gasteiger charge is -2.25. The molecule has 5 nitrogen and oxygen atoms in total. The predicted molar refractivity (Wildman–Crippen MR) is 106 cm³/mol. The highest BCUT2D eigenvalue weighted by molar-refractivity contribution is 7.99. The second kappa shape index (κ2) is 9.29. The molecule has 0 spiro atoms. The number of nitriles is 1. The number of thioether (sulfide) groups is 1. The number of halogens is 1. The number of benzene rings is 2. The number of rotatable bonds is 6. The van der Waals surface area contributed by atoms with Crippen LogP contribution < -0.4 is 14.8 Å². The van der Waals surface area contributed by atoms with Crippen molar-refractivity contribution in [3.8, 4) is 17.6 Å². The van der Waals surface area contributed by atoms with Crippen LogP contribution in [0.15, 0.2) is 47.4 Å². The lowest BCUT2D eigenvalue weighted by molar-refractivity contribution is -0.117. The molecule has 0 saturated carbocycles. The number of carbonyl (C=O) groups excluding carboxylic acids is 1. The quantitative estimate of drug-likeness (QED) is 0.742. The van der Waals surface area contributed by atoms with Gasteiger partial charge in [-0.3, -0.25) is 4.79 Å². The van der Waals surface area contributed by atoms with Gasteiger partial charge in [0, 0.05) is 16.7 Å². The Balaban J connectivity index is 1.68. The third-order valence-corrected chi connectivity index (χ3v) is 5.36. The Morgan fingerprint density at radius 1 is 1.36 bits per heavy atom. The second-order valence-corrected chi connectivity index (χ2v) is 7.21. The summed E-state index contributed by atoms with van der Waals surface area (Å²) in [7, 11) is 1.51. The summed E-state index contributed by atoms with van der Waals surface area (Å²) in [6.07, 6.45) is 3.85. The van der Waals surface area contributed by atoms with Gasteiger partial charge in [0.1, 0.15) is 11.9 Å². The Labute approximate surface area is 167 Å². The third-order valence-electron chi connectivity index (χ3n) is 4.23. The summed E-state index contributed by atoms with van der Waals surface area (Å²) in [6.45, 7) is -0.0737. The maximum atomic E-state index is 13.6. The molecule has 0 bridgehead atoms. The number of ether oxygens (including phenoxy) is 2. The lowest BCUT2D eigenvalue weighted by Crippen LogP contribution is -2.29. The van der Waals surface area contributed by atoms with Crippen molar-refractivity contribution in [1.82, 2.24) is 5.32 Å². The molecule has 28 heavy (non-hydrogen) atoms. The molecule has 0 fully saturated rings. The summed E-state index contributed by atoms with van der Waals surface area (Å²) in [5, 5.41) is 11.6. The van der Waals surface area contributed by atoms with E-state index in [0.29, 0.717) is 11.5 Å². The highest BCUT2D eigenvalue weighted by atomic mass is 32.2. The highest BCUT2D eigenvalue weighted by Crippen LogP contribution is 2.36. The average molecular weight is 398 g/mol. The summed E-state index contributed by atoms with van der Waals surface area (Å²) < 4.78 is 24.1. The van der Waals surface area contributed by atoms with Crippen LogP contribution in [0.25, 0.3) is 6.08 Å². The van der Waals surface area contributed by atoms with Gasteiger partial charge in [-0.2, -0.15) is 5.26 Å². The van der Waals surface area contributed by atoms with Crippen LogP contribution in [-0.4, -0.2) is 25.4 Å². The van der Waals surface area contributed by atoms with Gasteiger partial charge in [0.25, 0.3) is 0 Å². The SMILES string of the molecule is COc1cc(/C=C/C(=O)NC2CCSc3ccc(F)cc32)ccc1OCC#N. The largest absolute Gasteiger partial charge is 0.493 e. The van der Waals surface area contributed by atoms with Crippen molar-refractivity contribution in [2.75, 3.05) is 19.5 Å². The van der Waals surface area contributed by atoms with E-state index < -0.39 is 0 Å². The first-order valence-corrected chi connectivity index (χ1v) is 9.68. The van der Waals surface area contributed by atoms with Crippen molar-refractivity contribution >= 4 is 23.7 Å². The maximum Gasteiger partial charge on any atom is 0.244 e. The first-order valence-electron chi connectivity index (χ1n) is 8.69. The number of nitrogens with one attached hydrogen (secondary N) is 1. The number of hydrogen-bond donors (Lipinski definition) is 1.